The highest BCUT2D eigenvalue weighted by Crippen LogP contribution is 2.16. The van der Waals surface area contributed by atoms with E-state index in [4.69, 9.17) is 14.2 Å². The Morgan fingerprint density at radius 3 is 0.829 bits per heavy atom. The molecule has 0 aromatic rings. The molecule has 0 aliphatic heterocycles. The monoisotopic (exact) mass is 981 g/mol. The van der Waals surface area contributed by atoms with Crippen LogP contribution in [0.5, 0.6) is 0 Å². The molecule has 0 spiro atoms. The lowest BCUT2D eigenvalue weighted by Gasteiger charge is -2.18. The van der Waals surface area contributed by atoms with Crippen molar-refractivity contribution in [2.45, 2.75) is 329 Å². The largest absolute Gasteiger partial charge is 0.462 e. The number of carbonyl (C=O) groups is 3. The molecule has 0 radical (unpaired) electrons. The highest BCUT2D eigenvalue weighted by Gasteiger charge is 2.19. The number of ether oxygens (including phenoxy) is 3. The summed E-state index contributed by atoms with van der Waals surface area (Å²) >= 11 is 0. The van der Waals surface area contributed by atoms with Crippen LogP contribution in [0.25, 0.3) is 0 Å². The smallest absolute Gasteiger partial charge is 0.306 e. The third-order valence-electron chi connectivity index (χ3n) is 13.5. The number of esters is 3. The zero-order chi connectivity index (χ0) is 50.7. The van der Waals surface area contributed by atoms with Gasteiger partial charge in [0.1, 0.15) is 13.2 Å². The van der Waals surface area contributed by atoms with Crippen LogP contribution >= 0.6 is 0 Å². The summed E-state index contributed by atoms with van der Waals surface area (Å²) in [5, 5.41) is 0. The minimum atomic E-state index is -0.780. The average Bonchev–Trinajstić information content (AvgIpc) is 3.36. The summed E-state index contributed by atoms with van der Waals surface area (Å²) in [4.78, 5) is 38.2. The minimum Gasteiger partial charge on any atom is -0.462 e. The second-order valence-electron chi connectivity index (χ2n) is 20.6. The Hall–Kier alpha value is -2.63. The van der Waals surface area contributed by atoms with Crippen LogP contribution in [-0.4, -0.2) is 37.2 Å². The summed E-state index contributed by atoms with van der Waals surface area (Å²) in [5.74, 6) is -0.881. The molecular weight excluding hydrogens is 865 g/mol. The summed E-state index contributed by atoms with van der Waals surface area (Å²) in [6, 6.07) is 0. The van der Waals surface area contributed by atoms with Crippen molar-refractivity contribution >= 4 is 17.9 Å². The van der Waals surface area contributed by atoms with Crippen LogP contribution in [0.2, 0.25) is 0 Å². The van der Waals surface area contributed by atoms with Crippen LogP contribution in [0, 0.1) is 0 Å². The first-order chi connectivity index (χ1) is 34.5. The Balaban J connectivity index is 4.28. The molecule has 0 amide bonds. The molecule has 0 aliphatic carbocycles. The van der Waals surface area contributed by atoms with Crippen molar-refractivity contribution in [1.29, 1.82) is 0 Å². The normalized spacial score (nSPS) is 12.3. The van der Waals surface area contributed by atoms with Gasteiger partial charge in [-0.3, -0.25) is 14.4 Å². The number of unbranched alkanes of at least 4 members (excludes halogenated alkanes) is 37. The maximum absolute atomic E-state index is 12.9. The molecule has 0 fully saturated rings. The molecule has 1 unspecified atom stereocenters. The summed E-state index contributed by atoms with van der Waals surface area (Å²) in [5.41, 5.74) is 0. The van der Waals surface area contributed by atoms with Gasteiger partial charge in [-0.1, -0.05) is 249 Å². The Kier molecular flexibility index (Phi) is 56.7. The quantitative estimate of drug-likeness (QED) is 0.0261. The SMILES string of the molecule is CCCCC/C=C\C/C=C\CCCCCCCCCC(=O)OC(COC(=O)CCCCCCC/C=C\CCCCC)COC(=O)CCCCCCCCCCCCC/C=C\CCCCCCCCCC. The lowest BCUT2D eigenvalue weighted by molar-refractivity contribution is -0.167. The van der Waals surface area contributed by atoms with Gasteiger partial charge in [-0.2, -0.15) is 0 Å². The zero-order valence-electron chi connectivity index (χ0n) is 46.8. The number of rotatable bonds is 56. The number of hydrogen-bond acceptors (Lipinski definition) is 6. The van der Waals surface area contributed by atoms with Gasteiger partial charge in [0.15, 0.2) is 6.10 Å². The second kappa shape index (κ2) is 58.9. The van der Waals surface area contributed by atoms with Crippen LogP contribution in [0.1, 0.15) is 323 Å². The second-order valence-corrected chi connectivity index (χ2v) is 20.6. The fraction of sp³-hybridized carbons (Fsp3) is 0.828. The Labute approximate surface area is 435 Å². The lowest BCUT2D eigenvalue weighted by Crippen LogP contribution is -2.30. The number of hydrogen-bond donors (Lipinski definition) is 0. The van der Waals surface area contributed by atoms with Crippen LogP contribution < -0.4 is 0 Å². The lowest BCUT2D eigenvalue weighted by atomic mass is 10.0. The maximum Gasteiger partial charge on any atom is 0.306 e. The third kappa shape index (κ3) is 56.3. The van der Waals surface area contributed by atoms with E-state index in [0.717, 1.165) is 77.0 Å². The standard InChI is InChI=1S/C64H116O6/c1-4-7-10-13-16-19-22-25-27-29-30-31-32-33-34-36-37-39-42-45-48-51-54-57-63(66)69-60-61(59-68-62(65)56-53-50-47-44-41-24-21-18-15-12-9-6-3)70-64(67)58-55-52-49-46-43-40-38-35-28-26-23-20-17-14-11-8-5-2/h17-18,20-21,26,28-30,61H,4-16,19,22-25,27,31-60H2,1-3H3/b20-17-,21-18-,28-26-,30-29-. The molecule has 6 heteroatoms. The van der Waals surface area contributed by atoms with E-state index in [2.05, 4.69) is 69.4 Å². The van der Waals surface area contributed by atoms with Crippen LogP contribution in [-0.2, 0) is 28.6 Å². The van der Waals surface area contributed by atoms with Gasteiger partial charge in [-0.25, -0.2) is 0 Å². The van der Waals surface area contributed by atoms with Gasteiger partial charge in [0.2, 0.25) is 0 Å². The predicted molar refractivity (Wildman–Crippen MR) is 302 cm³/mol. The molecule has 0 aromatic carbocycles. The van der Waals surface area contributed by atoms with Gasteiger partial charge in [-0.05, 0) is 103 Å². The molecule has 0 aromatic heterocycles. The van der Waals surface area contributed by atoms with Gasteiger partial charge in [0, 0.05) is 19.3 Å². The van der Waals surface area contributed by atoms with Crippen molar-refractivity contribution < 1.29 is 28.6 Å². The van der Waals surface area contributed by atoms with E-state index in [0.29, 0.717) is 19.3 Å². The molecule has 0 N–H and O–H groups in total. The Bertz CT molecular complexity index is 1220. The summed E-state index contributed by atoms with van der Waals surface area (Å²) in [6.45, 7) is 6.61. The third-order valence-corrected chi connectivity index (χ3v) is 13.5. The molecule has 1 atom stereocenters. The summed E-state index contributed by atoms with van der Waals surface area (Å²) < 4.78 is 16.9. The van der Waals surface area contributed by atoms with E-state index in [9.17, 15) is 14.4 Å². The van der Waals surface area contributed by atoms with Crippen molar-refractivity contribution in [2.24, 2.45) is 0 Å². The van der Waals surface area contributed by atoms with Gasteiger partial charge < -0.3 is 14.2 Å². The van der Waals surface area contributed by atoms with Crippen molar-refractivity contribution in [3.05, 3.63) is 48.6 Å². The highest BCUT2D eigenvalue weighted by atomic mass is 16.6. The minimum absolute atomic E-state index is 0.0775. The van der Waals surface area contributed by atoms with Gasteiger partial charge in [-0.15, -0.1) is 0 Å². The predicted octanol–water partition coefficient (Wildman–Crippen LogP) is 20.6. The Morgan fingerprint density at radius 2 is 0.514 bits per heavy atom. The van der Waals surface area contributed by atoms with Crippen molar-refractivity contribution in [3.8, 4) is 0 Å². The summed E-state index contributed by atoms with van der Waals surface area (Å²) in [6.07, 6.45) is 72.5. The van der Waals surface area contributed by atoms with Gasteiger partial charge in [0.25, 0.3) is 0 Å². The highest BCUT2D eigenvalue weighted by molar-refractivity contribution is 5.71. The van der Waals surface area contributed by atoms with Crippen LogP contribution in [0.3, 0.4) is 0 Å². The van der Waals surface area contributed by atoms with E-state index in [1.165, 1.54) is 205 Å². The summed E-state index contributed by atoms with van der Waals surface area (Å²) in [7, 11) is 0. The topological polar surface area (TPSA) is 78.9 Å². The molecule has 0 aliphatic rings. The first kappa shape index (κ1) is 67.4. The number of carbonyl (C=O) groups excluding carboxylic acids is 3. The molecule has 408 valence electrons. The fourth-order valence-electron chi connectivity index (χ4n) is 8.88. The van der Waals surface area contributed by atoms with E-state index >= 15 is 0 Å². The Morgan fingerprint density at radius 1 is 0.286 bits per heavy atom. The molecule has 6 nitrogen and oxygen atoms in total. The molecular formula is C64H116O6. The van der Waals surface area contributed by atoms with Crippen LogP contribution in [0.4, 0.5) is 0 Å². The first-order valence-corrected chi connectivity index (χ1v) is 30.6. The van der Waals surface area contributed by atoms with Gasteiger partial charge >= 0.3 is 17.9 Å². The fourth-order valence-corrected chi connectivity index (χ4v) is 8.88. The average molecular weight is 982 g/mol. The van der Waals surface area contributed by atoms with Crippen molar-refractivity contribution in [1.82, 2.24) is 0 Å². The van der Waals surface area contributed by atoms with E-state index < -0.39 is 6.10 Å². The molecule has 0 heterocycles. The van der Waals surface area contributed by atoms with E-state index in [-0.39, 0.29) is 31.1 Å². The zero-order valence-corrected chi connectivity index (χ0v) is 46.8. The van der Waals surface area contributed by atoms with Crippen LogP contribution in [0.15, 0.2) is 48.6 Å². The molecule has 70 heavy (non-hydrogen) atoms. The molecule has 0 bridgehead atoms. The molecule has 0 saturated heterocycles. The first-order valence-electron chi connectivity index (χ1n) is 30.6. The maximum atomic E-state index is 12.9. The molecule has 0 saturated carbocycles. The number of allylic oxidation sites excluding steroid dienone is 8. The van der Waals surface area contributed by atoms with Gasteiger partial charge in [0.05, 0.1) is 0 Å². The van der Waals surface area contributed by atoms with E-state index in [1.807, 2.05) is 0 Å². The molecule has 0 rings (SSSR count). The van der Waals surface area contributed by atoms with E-state index in [1.54, 1.807) is 0 Å². The van der Waals surface area contributed by atoms with Crippen molar-refractivity contribution in [3.63, 3.8) is 0 Å². The van der Waals surface area contributed by atoms with Crippen molar-refractivity contribution in [2.75, 3.05) is 13.2 Å².